The topological polar surface area (TPSA) is 729 Å². The Hall–Kier alpha value is -5.83. The molecule has 5 aromatic rings. The Morgan fingerprint density at radius 1 is 0.600 bits per heavy atom. The highest BCUT2D eigenvalue weighted by atomic mass is 127. The minimum absolute atomic E-state index is 0.109. The highest BCUT2D eigenvalue weighted by Crippen LogP contribution is 2.64. The van der Waals surface area contributed by atoms with Gasteiger partial charge in [0.1, 0.15) is 55.0 Å². The lowest BCUT2D eigenvalue weighted by atomic mass is 10.0. The molecule has 1 aromatic carbocycles. The molecule has 3 aliphatic heterocycles. The number of aromatic amines is 3. The molecule has 5 fully saturated rings. The van der Waals surface area contributed by atoms with Crippen LogP contribution in [0.25, 0.3) is 10.4 Å². The lowest BCUT2D eigenvalue weighted by Crippen LogP contribution is -2.45. The number of methoxy groups -OCH3 is 1. The first-order valence-electron chi connectivity index (χ1n) is 27.9. The number of phosphoric ester groups is 4. The van der Waals surface area contributed by atoms with Crippen LogP contribution in [0.5, 0.6) is 0 Å². The summed E-state index contributed by atoms with van der Waals surface area (Å²) >= 11 is 1.67. The Kier molecular flexibility index (Phi) is 26.8. The number of benzene rings is 1. The van der Waals surface area contributed by atoms with Crippen molar-refractivity contribution in [3.8, 4) is 0 Å². The van der Waals surface area contributed by atoms with Crippen LogP contribution in [0.1, 0.15) is 43.3 Å². The van der Waals surface area contributed by atoms with Gasteiger partial charge in [-0.3, -0.25) is 70.5 Å². The highest BCUT2D eigenvalue weighted by molar-refractivity contribution is 14.1. The minimum Gasteiger partial charge on any atom is -0.393 e. The van der Waals surface area contributed by atoms with Gasteiger partial charge in [0.25, 0.3) is 22.2 Å². The van der Waals surface area contributed by atoms with Crippen LogP contribution in [0.3, 0.4) is 0 Å². The van der Waals surface area contributed by atoms with Crippen molar-refractivity contribution in [1.82, 2.24) is 37.8 Å². The van der Waals surface area contributed by atoms with E-state index in [9.17, 15) is 96.7 Å². The number of aliphatic hydroxyl groups is 6. The largest absolute Gasteiger partial charge is 0.481 e. The Morgan fingerprint density at radius 2 is 1.09 bits per heavy atom. The average molecular weight is 1640 g/mol. The second-order valence-electron chi connectivity index (χ2n) is 21.7. The van der Waals surface area contributed by atoms with Gasteiger partial charge in [-0.15, -0.1) is 0 Å². The van der Waals surface area contributed by atoms with Gasteiger partial charge in [-0.05, 0) is 46.9 Å². The molecule has 3 saturated heterocycles. The molecule has 0 amide bonds. The van der Waals surface area contributed by atoms with E-state index in [1.165, 1.54) is 23.9 Å². The van der Waals surface area contributed by atoms with E-state index in [4.69, 9.17) is 63.6 Å². The first-order chi connectivity index (χ1) is 46.4. The fraction of sp³-hybridized carbons (Fsp3) is 0.522. The van der Waals surface area contributed by atoms with Gasteiger partial charge in [-0.25, -0.2) is 46.6 Å². The van der Waals surface area contributed by atoms with Gasteiger partial charge in [0.2, 0.25) is 0 Å². The second kappa shape index (κ2) is 32.9. The molecular weight excluding hydrogens is 1580 g/mol. The number of halogens is 1. The summed E-state index contributed by atoms with van der Waals surface area (Å²) in [5.74, 6) is -0.556. The highest BCUT2D eigenvalue weighted by Gasteiger charge is 2.67. The zero-order chi connectivity index (χ0) is 74.5. The van der Waals surface area contributed by atoms with E-state index in [1.807, 2.05) is 9.97 Å². The molecule has 0 bridgehead atoms. The van der Waals surface area contributed by atoms with Gasteiger partial charge in [0.15, 0.2) is 18.7 Å². The molecule has 2 unspecified atom stereocenters. The summed E-state index contributed by atoms with van der Waals surface area (Å²) in [6.45, 7) is -2.59. The first kappa shape index (κ1) is 81.5. The molecule has 554 valence electrons. The molecule has 54 heteroatoms. The molecule has 100 heavy (non-hydrogen) atoms. The molecule has 7 heterocycles. The van der Waals surface area contributed by atoms with Crippen LogP contribution in [0.2, 0.25) is 0 Å². The average Bonchev–Trinajstić information content (AvgIpc) is 1.53. The van der Waals surface area contributed by atoms with Gasteiger partial charge in [0, 0.05) is 66.5 Å². The van der Waals surface area contributed by atoms with Gasteiger partial charge in [-0.2, -0.15) is 4.31 Å². The predicted octanol–water partition coefficient (Wildman–Crippen LogP) is -5.76. The quantitative estimate of drug-likeness (QED) is 0.0101. The smallest absolute Gasteiger partial charge is 0.393 e. The van der Waals surface area contributed by atoms with Crippen molar-refractivity contribution in [2.24, 2.45) is 17.0 Å². The van der Waals surface area contributed by atoms with Gasteiger partial charge in [0.05, 0.1) is 47.7 Å². The number of nitrogens with zero attached hydrogens (tertiary/aromatic N) is 8. The van der Waals surface area contributed by atoms with Crippen LogP contribution in [0.4, 0.5) is 0 Å². The third-order valence-electron chi connectivity index (χ3n) is 15.2. The van der Waals surface area contributed by atoms with Crippen LogP contribution in [0.15, 0.2) is 117 Å². The molecule has 10 rings (SSSR count). The van der Waals surface area contributed by atoms with Crippen molar-refractivity contribution < 1.29 is 139 Å². The zero-order valence-electron chi connectivity index (χ0n) is 50.3. The van der Waals surface area contributed by atoms with Crippen LogP contribution in [-0.4, -0.2) is 207 Å². The minimum atomic E-state index is -5.34. The second-order valence-corrected chi connectivity index (χ2v) is 29.5. The van der Waals surface area contributed by atoms with E-state index in [-0.39, 0.29) is 16.1 Å². The maximum absolute atomic E-state index is 13.0. The SMILES string of the molecule is COC(c1ccccc1)n1c(=O)ccn([C@@H]2O[C@H](COP(=O)(O)O)[C@@H](O)[C@H]2O)c1=O.O=c1[nH]c(=O)n([C@@H]2O[C@H](COP(=O)(O)O)[C@@H](O)[C@H]2O)cc1I.O=c1ccn([C@]23C[C@H](O)[C@@H](COP(=O)(O)O)[C@@H]2C3)c(=O)[nH]1.[N-]=[N+]=N[C@@H]1[C@H](O)[C@@H](COP(=O)(O)OP(=O)(O)O)O[C@H]1n1ccc(=O)[nH]c1=O. The van der Waals surface area contributed by atoms with E-state index in [2.05, 4.69) is 37.4 Å². The maximum Gasteiger partial charge on any atom is 0.481 e. The molecule has 18 N–H and O–H groups in total. The lowest BCUT2D eigenvalue weighted by Gasteiger charge is -2.22. The van der Waals surface area contributed by atoms with Gasteiger partial charge < -0.3 is 93.6 Å². The third-order valence-corrected chi connectivity index (χ3v) is 19.6. The summed E-state index contributed by atoms with van der Waals surface area (Å²) in [6, 6.07) is 10.4. The number of hydrogen-bond donors (Lipinski definition) is 18. The van der Waals surface area contributed by atoms with E-state index in [1.54, 1.807) is 52.9 Å². The summed E-state index contributed by atoms with van der Waals surface area (Å²) in [6.07, 6.45) is -12.5. The van der Waals surface area contributed by atoms with Gasteiger partial charge >= 0.3 is 61.9 Å². The van der Waals surface area contributed by atoms with Crippen molar-refractivity contribution >= 4 is 61.7 Å². The summed E-state index contributed by atoms with van der Waals surface area (Å²) in [5, 5.41) is 63.6. The number of H-pyrrole nitrogens is 3. The molecular formula is C46H61IN11O37P5. The van der Waals surface area contributed by atoms with Crippen molar-refractivity contribution in [2.75, 3.05) is 33.5 Å². The molecule has 4 aromatic heterocycles. The normalized spacial score (nSPS) is 28.8. The third kappa shape index (κ3) is 20.7. The number of ether oxygens (including phenoxy) is 4. The Labute approximate surface area is 567 Å². The first-order valence-corrected chi connectivity index (χ1v) is 36.6. The van der Waals surface area contributed by atoms with E-state index in [0.717, 1.165) is 49.0 Å². The van der Waals surface area contributed by atoms with Crippen molar-refractivity contribution in [3.63, 3.8) is 0 Å². The molecule has 18 atom stereocenters. The summed E-state index contributed by atoms with van der Waals surface area (Å²) in [7, 11) is -23.4. The van der Waals surface area contributed by atoms with Crippen LogP contribution in [0, 0.1) is 15.4 Å². The summed E-state index contributed by atoms with van der Waals surface area (Å²) in [5.41, 5.74) is 2.82. The predicted molar refractivity (Wildman–Crippen MR) is 331 cm³/mol. The Balaban J connectivity index is 0.000000189. The number of hydrogen-bond acceptors (Lipinski definition) is 29. The van der Waals surface area contributed by atoms with E-state index < -0.39 is 201 Å². The number of rotatable bonds is 22. The standard InChI is InChI=1S/C17H21N2O10P.C11H15N2O7P.C9H12IN2O9P.C9H13N5O11P2/c1-27-15(10-5-3-2-4-6-10)19-12(20)7-8-18(17(19)23)16-14(22)13(21)11(29-16)9-28-30(24,25)26;14-8-4-11(13-2-1-9(15)12-10(13)16)3-7(11)6(8)5-20-21(17,18)19;10-3-1-12(9(16)11-7(3)15)8-6(14)5(13)4(21-8)2-20-22(17,18)19;10-13-12-6-7(16)4(3-23-27(21,22)25-26(18,19)20)24-8(6)14-2-1-5(15)11-9(14)17/h2-8,11,13-16,21-22H,9H2,1H3,(H2,24,25,26);1-2,6-8,14H,3-5H2,(H,12,15,16)(H2,17,18,19);1,4-6,8,13-14H,2H2,(H,11,15,16)(H2,17,18,19);1-2,4,6-8,16H,3H2,(H,21,22)(H,11,15,17)(H2,18,19,20)/t11-,13-,14-,15?,16-;6-,7-,8-,11+;4-,5-,6-,8-;4-,6-,7-,8-/m1011/s1. The van der Waals surface area contributed by atoms with Crippen molar-refractivity contribution in [2.45, 2.75) is 104 Å². The zero-order valence-corrected chi connectivity index (χ0v) is 56.9. The summed E-state index contributed by atoms with van der Waals surface area (Å²) in [4.78, 5) is 182. The molecule has 48 nitrogen and oxygen atoms in total. The van der Waals surface area contributed by atoms with E-state index >= 15 is 0 Å². The van der Waals surface area contributed by atoms with Crippen LogP contribution in [-0.2, 0) is 69.7 Å². The van der Waals surface area contributed by atoms with Crippen molar-refractivity contribution in [1.29, 1.82) is 0 Å². The van der Waals surface area contributed by atoms with Crippen LogP contribution >= 0.6 is 61.7 Å². The fourth-order valence-corrected chi connectivity index (χ4v) is 13.9. The Bertz CT molecular complexity index is 4540. The molecule has 0 spiro atoms. The number of aliphatic hydroxyl groups excluding tert-OH is 6. The number of fused-ring (bicyclic) bond motifs is 1. The number of aromatic nitrogens is 8. The molecule has 0 radical (unpaired) electrons. The number of nitrogens with one attached hydrogen (secondary N) is 3. The molecule has 5 aliphatic rings. The summed E-state index contributed by atoms with van der Waals surface area (Å²) < 4.78 is 101. The van der Waals surface area contributed by atoms with Crippen LogP contribution < -0.4 is 45.0 Å². The van der Waals surface area contributed by atoms with Gasteiger partial charge in [-0.1, -0.05) is 35.4 Å². The number of azide groups is 1. The fourth-order valence-electron chi connectivity index (χ4n) is 10.8. The molecule has 2 aliphatic carbocycles. The van der Waals surface area contributed by atoms with Crippen molar-refractivity contribution in [3.05, 3.63) is 176 Å². The Morgan fingerprint density at radius 3 is 1.61 bits per heavy atom. The number of phosphoric acid groups is 5. The maximum atomic E-state index is 13.0. The molecule has 2 saturated carbocycles. The lowest BCUT2D eigenvalue weighted by molar-refractivity contribution is -0.0561. The van der Waals surface area contributed by atoms with E-state index in [0.29, 0.717) is 18.4 Å². The monoisotopic (exact) mass is 1640 g/mol.